The summed E-state index contributed by atoms with van der Waals surface area (Å²) in [4.78, 5) is 15.3. The van der Waals surface area contributed by atoms with Crippen LogP contribution in [0, 0.1) is 0 Å². The Morgan fingerprint density at radius 3 is 2.07 bits per heavy atom. The molecule has 0 unspecified atom stereocenters. The number of piperidine rings is 1. The van der Waals surface area contributed by atoms with Gasteiger partial charge in [-0.1, -0.05) is 29.8 Å². The molecule has 41 heavy (non-hydrogen) atoms. The molecule has 1 amide bonds. The van der Waals surface area contributed by atoms with Gasteiger partial charge in [0.1, 0.15) is 5.69 Å². The molecule has 8 heteroatoms. The van der Waals surface area contributed by atoms with Crippen LogP contribution in [0.3, 0.4) is 0 Å². The third-order valence-corrected chi connectivity index (χ3v) is 7.87. The zero-order valence-corrected chi connectivity index (χ0v) is 23.5. The number of halogens is 1. The first-order valence-corrected chi connectivity index (χ1v) is 14.1. The summed E-state index contributed by atoms with van der Waals surface area (Å²) in [6.07, 6.45) is 1.46. The van der Waals surface area contributed by atoms with Crippen molar-refractivity contribution in [2.75, 3.05) is 33.9 Å². The first-order chi connectivity index (χ1) is 19.9. The summed E-state index contributed by atoms with van der Waals surface area (Å²) in [5.41, 5.74) is 7.01. The highest BCUT2D eigenvalue weighted by Gasteiger charge is 2.17. The Morgan fingerprint density at radius 2 is 1.41 bits per heavy atom. The van der Waals surface area contributed by atoms with Crippen LogP contribution >= 0.6 is 11.6 Å². The fraction of sp³-hybridized carbons (Fsp3) is 0.182. The number of hydrogen-bond acceptors (Lipinski definition) is 5. The first-order valence-electron chi connectivity index (χ1n) is 13.8. The van der Waals surface area contributed by atoms with E-state index >= 15 is 0 Å². The van der Waals surface area contributed by atoms with Crippen molar-refractivity contribution in [1.29, 1.82) is 0 Å². The van der Waals surface area contributed by atoms with Gasteiger partial charge in [-0.2, -0.15) is 0 Å². The second-order valence-corrected chi connectivity index (χ2v) is 10.8. The molecule has 1 aromatic heterocycles. The van der Waals surface area contributed by atoms with Crippen molar-refractivity contribution >= 4 is 62.5 Å². The number of amides is 1. The van der Waals surface area contributed by atoms with Crippen molar-refractivity contribution in [2.24, 2.45) is 7.05 Å². The normalized spacial score (nSPS) is 13.8. The lowest BCUT2D eigenvalue weighted by atomic mass is 10.1. The fourth-order valence-corrected chi connectivity index (χ4v) is 5.46. The molecule has 0 saturated carbocycles. The lowest BCUT2D eigenvalue weighted by Gasteiger charge is -2.31. The summed E-state index contributed by atoms with van der Waals surface area (Å²) in [6.45, 7) is 1.77. The Kier molecular flexibility index (Phi) is 7.55. The number of para-hydroxylation sites is 1. The highest BCUT2D eigenvalue weighted by Crippen LogP contribution is 2.30. The number of carbonyl (C=O) groups is 1. The van der Waals surface area contributed by atoms with E-state index in [9.17, 15) is 9.90 Å². The second-order valence-electron chi connectivity index (χ2n) is 10.4. The molecule has 0 bridgehead atoms. The molecule has 0 radical (unpaired) electrons. The van der Waals surface area contributed by atoms with Gasteiger partial charge in [-0.25, -0.2) is 0 Å². The number of carbonyl (C=O) groups excluding carboxylic acids is 1. The van der Waals surface area contributed by atoms with E-state index in [1.165, 1.54) is 5.69 Å². The smallest absolute Gasteiger partial charge is 0.272 e. The number of rotatable bonds is 7. The van der Waals surface area contributed by atoms with Crippen molar-refractivity contribution in [1.82, 2.24) is 4.57 Å². The fourth-order valence-electron chi connectivity index (χ4n) is 5.23. The molecular weight excluding hydrogens is 534 g/mol. The number of aryl methyl sites for hydroxylation is 1. The predicted molar refractivity (Wildman–Crippen MR) is 169 cm³/mol. The summed E-state index contributed by atoms with van der Waals surface area (Å²) in [5, 5.41) is 21.0. The van der Waals surface area contributed by atoms with Gasteiger partial charge in [0.2, 0.25) is 0 Å². The molecule has 1 saturated heterocycles. The van der Waals surface area contributed by atoms with Gasteiger partial charge in [0.05, 0.1) is 16.8 Å². The average molecular weight is 566 g/mol. The van der Waals surface area contributed by atoms with Crippen molar-refractivity contribution < 1.29 is 9.90 Å². The molecule has 4 N–H and O–H groups in total. The number of anilines is 6. The van der Waals surface area contributed by atoms with Crippen LogP contribution in [0.15, 0.2) is 97.1 Å². The molecular formula is C33H32ClN5O2. The number of nitrogens with one attached hydrogen (secondary N) is 3. The van der Waals surface area contributed by atoms with E-state index < -0.39 is 0 Å². The van der Waals surface area contributed by atoms with Crippen molar-refractivity contribution in [3.63, 3.8) is 0 Å². The standard InChI is InChI=1S/C33H32ClN5O2/c1-38-31-5-3-2-4-22(31)20-32(38)33(41)37-26-12-15-30(29(34)21-26)36-25-8-6-23(7-9-25)35-24-10-13-27(14-11-24)39-18-16-28(40)17-19-39/h2-15,20-21,28,35-36,40H,16-19H2,1H3,(H,37,41). The molecule has 208 valence electrons. The Balaban J connectivity index is 1.06. The molecule has 0 aliphatic carbocycles. The van der Waals surface area contributed by atoms with Crippen LogP contribution in [0.2, 0.25) is 5.02 Å². The number of nitrogens with zero attached hydrogens (tertiary/aromatic N) is 2. The van der Waals surface area contributed by atoms with E-state index in [1.807, 2.05) is 78.3 Å². The molecule has 0 spiro atoms. The Bertz CT molecular complexity index is 1670. The molecule has 4 aromatic carbocycles. The quantitative estimate of drug-likeness (QED) is 0.164. The number of aromatic nitrogens is 1. The second kappa shape index (κ2) is 11.6. The highest BCUT2D eigenvalue weighted by atomic mass is 35.5. The summed E-state index contributed by atoms with van der Waals surface area (Å²) < 4.78 is 1.89. The van der Waals surface area contributed by atoms with Crippen LogP contribution < -0.4 is 20.9 Å². The van der Waals surface area contributed by atoms with Gasteiger partial charge < -0.3 is 30.5 Å². The Hall–Kier alpha value is -4.46. The molecule has 1 aliphatic rings. The maximum atomic E-state index is 12.9. The third-order valence-electron chi connectivity index (χ3n) is 7.56. The maximum absolute atomic E-state index is 12.9. The van der Waals surface area contributed by atoms with Gasteiger partial charge in [0.15, 0.2) is 0 Å². The van der Waals surface area contributed by atoms with E-state index in [-0.39, 0.29) is 12.0 Å². The molecule has 1 fully saturated rings. The molecule has 1 aliphatic heterocycles. The van der Waals surface area contributed by atoms with Crippen molar-refractivity contribution in [2.45, 2.75) is 18.9 Å². The van der Waals surface area contributed by atoms with E-state index in [4.69, 9.17) is 11.6 Å². The minimum Gasteiger partial charge on any atom is -0.393 e. The SMILES string of the molecule is Cn1c(C(=O)Nc2ccc(Nc3ccc(Nc4ccc(N5CCC(O)CC5)cc4)cc3)c(Cl)c2)cc2ccccc21. The molecule has 7 nitrogen and oxygen atoms in total. The lowest BCUT2D eigenvalue weighted by Crippen LogP contribution is -2.35. The molecule has 6 rings (SSSR count). The summed E-state index contributed by atoms with van der Waals surface area (Å²) in [5.74, 6) is -0.190. The van der Waals surface area contributed by atoms with Gasteiger partial charge >= 0.3 is 0 Å². The van der Waals surface area contributed by atoms with Crippen LogP contribution in [0.4, 0.5) is 34.1 Å². The average Bonchev–Trinajstić information content (AvgIpc) is 3.33. The molecule has 2 heterocycles. The Morgan fingerprint density at radius 1 is 0.805 bits per heavy atom. The van der Waals surface area contributed by atoms with Gasteiger partial charge in [-0.3, -0.25) is 4.79 Å². The lowest BCUT2D eigenvalue weighted by molar-refractivity contribution is 0.101. The number of aliphatic hydroxyl groups is 1. The number of benzene rings is 4. The zero-order chi connectivity index (χ0) is 28.3. The van der Waals surface area contributed by atoms with Crippen LogP contribution in [0.1, 0.15) is 23.3 Å². The first kappa shape index (κ1) is 26.7. The number of aliphatic hydroxyl groups excluding tert-OH is 1. The number of hydrogen-bond donors (Lipinski definition) is 4. The van der Waals surface area contributed by atoms with Crippen LogP contribution in [0.5, 0.6) is 0 Å². The summed E-state index contributed by atoms with van der Waals surface area (Å²) in [7, 11) is 1.89. The topological polar surface area (TPSA) is 81.6 Å². The van der Waals surface area contributed by atoms with Crippen molar-refractivity contribution in [3.8, 4) is 0 Å². The predicted octanol–water partition coefficient (Wildman–Crippen LogP) is 7.53. The van der Waals surface area contributed by atoms with Crippen molar-refractivity contribution in [3.05, 3.63) is 108 Å². The zero-order valence-electron chi connectivity index (χ0n) is 22.8. The summed E-state index contributed by atoms with van der Waals surface area (Å²) >= 11 is 6.57. The molecule has 0 atom stereocenters. The highest BCUT2D eigenvalue weighted by molar-refractivity contribution is 6.33. The van der Waals surface area contributed by atoms with E-state index in [0.717, 1.165) is 59.6 Å². The third kappa shape index (κ3) is 6.01. The van der Waals surface area contributed by atoms with Crippen LogP contribution in [0.25, 0.3) is 10.9 Å². The maximum Gasteiger partial charge on any atom is 0.272 e. The summed E-state index contributed by atoms with van der Waals surface area (Å²) in [6, 6.07) is 31.6. The van der Waals surface area contributed by atoms with Crippen LogP contribution in [-0.4, -0.2) is 34.8 Å². The van der Waals surface area contributed by atoms with E-state index in [2.05, 4.69) is 45.1 Å². The Labute approximate surface area is 244 Å². The largest absolute Gasteiger partial charge is 0.393 e. The number of fused-ring (bicyclic) bond motifs is 1. The minimum absolute atomic E-state index is 0.172. The monoisotopic (exact) mass is 565 g/mol. The van der Waals surface area contributed by atoms with Gasteiger partial charge in [-0.15, -0.1) is 0 Å². The van der Waals surface area contributed by atoms with Gasteiger partial charge in [0, 0.05) is 59.5 Å². The molecule has 5 aromatic rings. The van der Waals surface area contributed by atoms with Gasteiger partial charge in [0.25, 0.3) is 5.91 Å². The van der Waals surface area contributed by atoms with Crippen LogP contribution in [-0.2, 0) is 7.05 Å². The minimum atomic E-state index is -0.190. The van der Waals surface area contributed by atoms with E-state index in [1.54, 1.807) is 6.07 Å². The van der Waals surface area contributed by atoms with Gasteiger partial charge in [-0.05, 0) is 91.7 Å². The van der Waals surface area contributed by atoms with E-state index in [0.29, 0.717) is 16.4 Å².